The minimum absolute atomic E-state index is 0.107. The van der Waals surface area contributed by atoms with Gasteiger partial charge in [0.1, 0.15) is 17.1 Å². The van der Waals surface area contributed by atoms with E-state index in [1.165, 1.54) is 0 Å². The Hall–Kier alpha value is -3.71. The van der Waals surface area contributed by atoms with E-state index >= 15 is 0 Å². The van der Waals surface area contributed by atoms with Gasteiger partial charge in [0.15, 0.2) is 6.10 Å². The molecule has 1 heterocycles. The molecule has 0 fully saturated rings. The first-order chi connectivity index (χ1) is 18.2. The van der Waals surface area contributed by atoms with Crippen molar-refractivity contribution in [2.45, 2.75) is 51.9 Å². The molecule has 4 rings (SSSR count). The molecule has 1 aliphatic rings. The Morgan fingerprint density at radius 2 is 1.79 bits per heavy atom. The van der Waals surface area contributed by atoms with Gasteiger partial charge < -0.3 is 24.4 Å². The number of nitrogens with zero attached hydrogens (tertiary/aromatic N) is 1. The van der Waals surface area contributed by atoms with Gasteiger partial charge in [-0.25, -0.2) is 4.79 Å². The van der Waals surface area contributed by atoms with Crippen LogP contribution in [0.2, 0.25) is 5.02 Å². The molecular weight excluding hydrogens is 504 g/mol. The van der Waals surface area contributed by atoms with Crippen LogP contribution in [0.1, 0.15) is 38.3 Å². The summed E-state index contributed by atoms with van der Waals surface area (Å²) in [6.07, 6.45) is -0.0571. The Morgan fingerprint density at radius 3 is 2.55 bits per heavy atom. The highest BCUT2D eigenvalue weighted by Gasteiger charge is 2.34. The number of benzene rings is 3. The molecule has 1 unspecified atom stereocenters. The fraction of sp³-hybridized carbons (Fsp3) is 0.333. The van der Waals surface area contributed by atoms with Crippen LogP contribution in [0.4, 0.5) is 10.5 Å². The van der Waals surface area contributed by atoms with Crippen molar-refractivity contribution in [3.05, 3.63) is 88.9 Å². The lowest BCUT2D eigenvalue weighted by Gasteiger charge is -2.34. The highest BCUT2D eigenvalue weighted by Crippen LogP contribution is 2.35. The molecule has 1 aliphatic heterocycles. The van der Waals surface area contributed by atoms with E-state index in [0.29, 0.717) is 49.1 Å². The zero-order valence-corrected chi connectivity index (χ0v) is 22.7. The first-order valence-corrected chi connectivity index (χ1v) is 13.1. The Kier molecular flexibility index (Phi) is 8.79. The molecule has 0 saturated carbocycles. The van der Waals surface area contributed by atoms with Gasteiger partial charge in [-0.3, -0.25) is 4.79 Å². The molecule has 0 bridgehead atoms. The third-order valence-electron chi connectivity index (χ3n) is 5.85. The number of alkyl carbamates (subject to hydrolysis) is 1. The molecule has 1 N–H and O–H groups in total. The second kappa shape index (κ2) is 12.2. The topological polar surface area (TPSA) is 77.1 Å². The first-order valence-electron chi connectivity index (χ1n) is 12.7. The van der Waals surface area contributed by atoms with Gasteiger partial charge in [0.05, 0.1) is 18.8 Å². The second-order valence-corrected chi connectivity index (χ2v) is 10.5. The highest BCUT2D eigenvalue weighted by molar-refractivity contribution is 6.30. The van der Waals surface area contributed by atoms with Crippen molar-refractivity contribution in [2.24, 2.45) is 0 Å². The Morgan fingerprint density at radius 1 is 1.03 bits per heavy atom. The second-order valence-electron chi connectivity index (χ2n) is 10.1. The van der Waals surface area contributed by atoms with Crippen molar-refractivity contribution in [1.82, 2.24) is 5.32 Å². The van der Waals surface area contributed by atoms with Crippen molar-refractivity contribution in [3.8, 4) is 11.5 Å². The summed E-state index contributed by atoms with van der Waals surface area (Å²) in [6.45, 7) is 6.67. The summed E-state index contributed by atoms with van der Waals surface area (Å²) in [5.41, 5.74) is 2.22. The molecule has 3 aromatic carbocycles. The molecule has 200 valence electrons. The molecule has 2 amide bonds. The molecule has 0 spiro atoms. The smallest absolute Gasteiger partial charge is 0.407 e. The van der Waals surface area contributed by atoms with Crippen LogP contribution in [0.15, 0.2) is 72.8 Å². The summed E-state index contributed by atoms with van der Waals surface area (Å²) in [4.78, 5) is 27.0. The normalized spacial score (nSPS) is 14.9. The van der Waals surface area contributed by atoms with Crippen LogP contribution in [0.3, 0.4) is 0 Å². The van der Waals surface area contributed by atoms with E-state index in [2.05, 4.69) is 5.32 Å². The predicted octanol–water partition coefficient (Wildman–Crippen LogP) is 6.17. The molecule has 0 saturated heterocycles. The minimum atomic E-state index is -0.654. The van der Waals surface area contributed by atoms with E-state index in [1.807, 2.05) is 93.6 Å². The number of hydrogen-bond donors (Lipinski definition) is 1. The number of nitrogens with one attached hydrogen (secondary N) is 1. The quantitative estimate of drug-likeness (QED) is 0.354. The Labute approximate surface area is 228 Å². The lowest BCUT2D eigenvalue weighted by atomic mass is 10.1. The van der Waals surface area contributed by atoms with E-state index in [-0.39, 0.29) is 5.91 Å². The van der Waals surface area contributed by atoms with E-state index in [4.69, 9.17) is 25.8 Å². The molecule has 7 nitrogen and oxygen atoms in total. The number of para-hydroxylation sites is 2. The largest absolute Gasteiger partial charge is 0.493 e. The standard InChI is InChI=1S/C30H33ClN2O5/c1-30(2,3)38-29(35)32-17-15-21-7-6-8-24(19-21)36-18-16-27-28(34)33(20-22-11-13-23(31)14-12-22)25-9-4-5-10-26(25)37-27/h4-14,19,27H,15-18,20H2,1-3H3,(H,32,35). The molecule has 0 radical (unpaired) electrons. The minimum Gasteiger partial charge on any atom is -0.493 e. The average molecular weight is 537 g/mol. The van der Waals surface area contributed by atoms with Crippen molar-refractivity contribution in [3.63, 3.8) is 0 Å². The summed E-state index contributed by atoms with van der Waals surface area (Å²) < 4.78 is 17.3. The van der Waals surface area contributed by atoms with Gasteiger partial charge in [-0.2, -0.15) is 0 Å². The van der Waals surface area contributed by atoms with E-state index in [0.717, 1.165) is 16.8 Å². The number of ether oxygens (including phenoxy) is 3. The number of amides is 2. The Bertz CT molecular complexity index is 1260. The number of hydrogen-bond acceptors (Lipinski definition) is 5. The van der Waals surface area contributed by atoms with E-state index < -0.39 is 17.8 Å². The summed E-state index contributed by atoms with van der Waals surface area (Å²) in [7, 11) is 0. The number of fused-ring (bicyclic) bond motifs is 1. The number of carbonyl (C=O) groups excluding carboxylic acids is 2. The lowest BCUT2D eigenvalue weighted by molar-refractivity contribution is -0.127. The van der Waals surface area contributed by atoms with Crippen LogP contribution >= 0.6 is 11.6 Å². The third-order valence-corrected chi connectivity index (χ3v) is 6.10. The average Bonchev–Trinajstić information content (AvgIpc) is 2.87. The van der Waals surface area contributed by atoms with Gasteiger partial charge in [-0.1, -0.05) is 48.0 Å². The van der Waals surface area contributed by atoms with E-state index in [1.54, 1.807) is 4.90 Å². The molecule has 1 atom stereocenters. The summed E-state index contributed by atoms with van der Waals surface area (Å²) in [5, 5.41) is 3.42. The zero-order chi connectivity index (χ0) is 27.1. The lowest BCUT2D eigenvalue weighted by Crippen LogP contribution is -2.46. The van der Waals surface area contributed by atoms with Crippen LogP contribution in [-0.2, 0) is 22.5 Å². The van der Waals surface area contributed by atoms with E-state index in [9.17, 15) is 9.59 Å². The zero-order valence-electron chi connectivity index (χ0n) is 21.9. The van der Waals surface area contributed by atoms with Gasteiger partial charge >= 0.3 is 6.09 Å². The fourth-order valence-electron chi connectivity index (χ4n) is 4.09. The van der Waals surface area contributed by atoms with Crippen LogP contribution in [0.25, 0.3) is 0 Å². The molecule has 0 aromatic heterocycles. The summed E-state index contributed by atoms with van der Waals surface area (Å²) in [5.74, 6) is 1.26. The molecule has 8 heteroatoms. The van der Waals surface area contributed by atoms with Gasteiger partial charge in [-0.15, -0.1) is 0 Å². The SMILES string of the molecule is CC(C)(C)OC(=O)NCCc1cccc(OCCC2Oc3ccccc3N(Cc3ccc(Cl)cc3)C2=O)c1. The summed E-state index contributed by atoms with van der Waals surface area (Å²) in [6, 6.07) is 22.7. The van der Waals surface area contributed by atoms with Gasteiger partial charge in [-0.05, 0) is 74.7 Å². The maximum Gasteiger partial charge on any atom is 0.407 e. The van der Waals surface area contributed by atoms with Crippen molar-refractivity contribution in [1.29, 1.82) is 0 Å². The van der Waals surface area contributed by atoms with Crippen LogP contribution in [-0.4, -0.2) is 36.9 Å². The first kappa shape index (κ1) is 27.3. The fourth-order valence-corrected chi connectivity index (χ4v) is 4.22. The molecule has 38 heavy (non-hydrogen) atoms. The molecule has 0 aliphatic carbocycles. The van der Waals surface area contributed by atoms with Crippen molar-refractivity contribution < 1.29 is 23.8 Å². The van der Waals surface area contributed by atoms with Crippen LogP contribution < -0.4 is 19.7 Å². The van der Waals surface area contributed by atoms with Gasteiger partial charge in [0.2, 0.25) is 0 Å². The summed E-state index contributed by atoms with van der Waals surface area (Å²) >= 11 is 6.03. The van der Waals surface area contributed by atoms with Crippen LogP contribution in [0.5, 0.6) is 11.5 Å². The number of carbonyl (C=O) groups is 2. The number of halogens is 1. The highest BCUT2D eigenvalue weighted by atomic mass is 35.5. The monoisotopic (exact) mass is 536 g/mol. The Balaban J connectivity index is 1.32. The van der Waals surface area contributed by atoms with Crippen molar-refractivity contribution >= 4 is 29.3 Å². The van der Waals surface area contributed by atoms with Gasteiger partial charge in [0.25, 0.3) is 5.91 Å². The van der Waals surface area contributed by atoms with Crippen molar-refractivity contribution in [2.75, 3.05) is 18.1 Å². The number of anilines is 1. The maximum absolute atomic E-state index is 13.4. The predicted molar refractivity (Wildman–Crippen MR) is 148 cm³/mol. The third kappa shape index (κ3) is 7.65. The molecular formula is C30H33ClN2O5. The van der Waals surface area contributed by atoms with Gasteiger partial charge in [0, 0.05) is 18.0 Å². The van der Waals surface area contributed by atoms with Crippen LogP contribution in [0, 0.1) is 0 Å². The maximum atomic E-state index is 13.4. The number of rotatable bonds is 9. The molecule has 3 aromatic rings.